The van der Waals surface area contributed by atoms with Gasteiger partial charge in [0.05, 0.1) is 0 Å². The highest BCUT2D eigenvalue weighted by atomic mass is 32.2. The van der Waals surface area contributed by atoms with Crippen molar-refractivity contribution in [2.75, 3.05) is 26.4 Å². The van der Waals surface area contributed by atoms with Crippen LogP contribution in [-0.4, -0.2) is 43.5 Å². The number of hydrogen-bond acceptors (Lipinski definition) is 4. The van der Waals surface area contributed by atoms with Gasteiger partial charge in [-0.3, -0.25) is 4.79 Å². The van der Waals surface area contributed by atoms with Gasteiger partial charge in [0.1, 0.15) is 6.04 Å². The highest BCUT2D eigenvalue weighted by Gasteiger charge is 2.13. The summed E-state index contributed by atoms with van der Waals surface area (Å²) in [6.45, 7) is 1.22. The number of carboxylic acids is 1. The third-order valence-electron chi connectivity index (χ3n) is 2.74. The van der Waals surface area contributed by atoms with Crippen LogP contribution < -0.4 is 10.6 Å². The van der Waals surface area contributed by atoms with Crippen LogP contribution in [0.1, 0.15) is 5.56 Å². The summed E-state index contributed by atoms with van der Waals surface area (Å²) in [5, 5.41) is 14.7. The molecule has 0 saturated heterocycles. The molecule has 0 radical (unpaired) electrons. The van der Waals surface area contributed by atoms with E-state index < -0.39 is 12.0 Å². The van der Waals surface area contributed by atoms with Crippen molar-refractivity contribution in [1.29, 1.82) is 0 Å². The second-order valence-electron chi connectivity index (χ2n) is 3.98. The van der Waals surface area contributed by atoms with E-state index in [9.17, 15) is 4.79 Å². The van der Waals surface area contributed by atoms with Crippen LogP contribution in [0.5, 0.6) is 0 Å². The second kappa shape index (κ2) is 8.13. The molecule has 100 valence electrons. The van der Waals surface area contributed by atoms with Gasteiger partial charge >= 0.3 is 5.97 Å². The van der Waals surface area contributed by atoms with Crippen LogP contribution in [0.15, 0.2) is 29.2 Å². The van der Waals surface area contributed by atoms with Gasteiger partial charge in [0, 0.05) is 11.4 Å². The Bertz CT molecular complexity index is 368. The van der Waals surface area contributed by atoms with Crippen molar-refractivity contribution >= 4 is 17.7 Å². The van der Waals surface area contributed by atoms with Crippen molar-refractivity contribution in [3.05, 3.63) is 29.8 Å². The highest BCUT2D eigenvalue weighted by Crippen LogP contribution is 2.14. The molecule has 4 nitrogen and oxygen atoms in total. The third-order valence-corrected chi connectivity index (χ3v) is 3.49. The Labute approximate surface area is 112 Å². The normalized spacial score (nSPS) is 12.3. The second-order valence-corrected chi connectivity index (χ2v) is 4.86. The van der Waals surface area contributed by atoms with E-state index in [-0.39, 0.29) is 0 Å². The fourth-order valence-electron chi connectivity index (χ4n) is 1.58. The van der Waals surface area contributed by atoms with Gasteiger partial charge in [-0.1, -0.05) is 12.1 Å². The third kappa shape index (κ3) is 5.08. The Morgan fingerprint density at radius 3 is 2.56 bits per heavy atom. The van der Waals surface area contributed by atoms with Crippen LogP contribution in [0.4, 0.5) is 0 Å². The summed E-state index contributed by atoms with van der Waals surface area (Å²) < 4.78 is 0. The zero-order valence-electron chi connectivity index (χ0n) is 10.8. The summed E-state index contributed by atoms with van der Waals surface area (Å²) in [7, 11) is 1.65. The average Bonchev–Trinajstić information content (AvgIpc) is 2.39. The first-order chi connectivity index (χ1) is 8.67. The first-order valence-corrected chi connectivity index (χ1v) is 7.13. The largest absolute Gasteiger partial charge is 0.480 e. The SMILES string of the molecule is CNC(CNCCc1ccc(SC)cc1)C(=O)O. The molecule has 0 amide bonds. The van der Waals surface area contributed by atoms with Crippen molar-refractivity contribution in [3.8, 4) is 0 Å². The van der Waals surface area contributed by atoms with Crippen LogP contribution in [0, 0.1) is 0 Å². The molecule has 3 N–H and O–H groups in total. The molecule has 0 aliphatic carbocycles. The van der Waals surface area contributed by atoms with E-state index in [2.05, 4.69) is 41.2 Å². The van der Waals surface area contributed by atoms with Gasteiger partial charge in [-0.25, -0.2) is 0 Å². The number of hydrogen-bond donors (Lipinski definition) is 3. The molecule has 1 aromatic carbocycles. The number of nitrogens with one attached hydrogen (secondary N) is 2. The van der Waals surface area contributed by atoms with E-state index in [0.29, 0.717) is 6.54 Å². The molecule has 18 heavy (non-hydrogen) atoms. The summed E-state index contributed by atoms with van der Waals surface area (Å²) in [5.41, 5.74) is 1.26. The maximum Gasteiger partial charge on any atom is 0.322 e. The van der Waals surface area contributed by atoms with Gasteiger partial charge in [-0.05, 0) is 44.0 Å². The summed E-state index contributed by atoms with van der Waals surface area (Å²) in [6.07, 6.45) is 2.96. The standard InChI is InChI=1S/C13H20N2O2S/c1-14-12(13(16)17)9-15-8-7-10-3-5-11(18-2)6-4-10/h3-6,12,14-15H,7-9H2,1-2H3,(H,16,17). The van der Waals surface area contributed by atoms with E-state index in [1.807, 2.05) is 0 Å². The molecule has 0 bridgehead atoms. The molecule has 1 aromatic rings. The molecule has 1 unspecified atom stereocenters. The topological polar surface area (TPSA) is 61.4 Å². The molecule has 0 spiro atoms. The van der Waals surface area contributed by atoms with Crippen LogP contribution in [0.3, 0.4) is 0 Å². The number of aliphatic carboxylic acids is 1. The number of rotatable bonds is 8. The minimum absolute atomic E-state index is 0.439. The number of benzene rings is 1. The molecule has 5 heteroatoms. The highest BCUT2D eigenvalue weighted by molar-refractivity contribution is 7.98. The molecular formula is C13H20N2O2S. The average molecular weight is 268 g/mol. The Hall–Kier alpha value is -1.04. The Balaban J connectivity index is 2.26. The van der Waals surface area contributed by atoms with E-state index in [1.54, 1.807) is 18.8 Å². The van der Waals surface area contributed by atoms with Gasteiger partial charge in [0.25, 0.3) is 0 Å². The molecule has 0 aliphatic heterocycles. The van der Waals surface area contributed by atoms with E-state index in [0.717, 1.165) is 13.0 Å². The monoisotopic (exact) mass is 268 g/mol. The lowest BCUT2D eigenvalue weighted by Gasteiger charge is -2.12. The maximum atomic E-state index is 10.8. The molecule has 0 heterocycles. The van der Waals surface area contributed by atoms with E-state index >= 15 is 0 Å². The zero-order chi connectivity index (χ0) is 13.4. The molecule has 0 aromatic heterocycles. The summed E-state index contributed by atoms with van der Waals surface area (Å²) in [5.74, 6) is -0.825. The Kier molecular flexibility index (Phi) is 6.78. The fourth-order valence-corrected chi connectivity index (χ4v) is 1.99. The molecular weight excluding hydrogens is 248 g/mol. The predicted octanol–water partition coefficient (Wildman–Crippen LogP) is 1.21. The minimum atomic E-state index is -0.825. The van der Waals surface area contributed by atoms with Crippen LogP contribution in [0.2, 0.25) is 0 Å². The Morgan fingerprint density at radius 1 is 1.39 bits per heavy atom. The number of likely N-dealkylation sites (N-methyl/N-ethyl adjacent to an activating group) is 1. The van der Waals surface area contributed by atoms with Crippen molar-refractivity contribution < 1.29 is 9.90 Å². The molecule has 0 aliphatic rings. The van der Waals surface area contributed by atoms with E-state index in [1.165, 1.54) is 10.5 Å². The van der Waals surface area contributed by atoms with Crippen LogP contribution in [0.25, 0.3) is 0 Å². The lowest BCUT2D eigenvalue weighted by atomic mass is 10.1. The van der Waals surface area contributed by atoms with Gasteiger partial charge < -0.3 is 15.7 Å². The van der Waals surface area contributed by atoms with Crippen LogP contribution >= 0.6 is 11.8 Å². The first-order valence-electron chi connectivity index (χ1n) is 5.91. The molecule has 0 saturated carbocycles. The van der Waals surface area contributed by atoms with Crippen molar-refractivity contribution in [3.63, 3.8) is 0 Å². The predicted molar refractivity (Wildman–Crippen MR) is 75.3 cm³/mol. The number of carboxylic acid groups (broad SMARTS) is 1. The lowest BCUT2D eigenvalue weighted by molar-refractivity contribution is -0.139. The maximum absolute atomic E-state index is 10.8. The Morgan fingerprint density at radius 2 is 2.06 bits per heavy atom. The van der Waals surface area contributed by atoms with Crippen molar-refractivity contribution in [2.45, 2.75) is 17.4 Å². The number of thioether (sulfide) groups is 1. The quantitative estimate of drug-likeness (QED) is 0.489. The van der Waals surface area contributed by atoms with Crippen molar-refractivity contribution in [1.82, 2.24) is 10.6 Å². The molecule has 0 fully saturated rings. The zero-order valence-corrected chi connectivity index (χ0v) is 11.6. The molecule has 1 atom stereocenters. The van der Waals surface area contributed by atoms with Gasteiger partial charge in [0.2, 0.25) is 0 Å². The van der Waals surface area contributed by atoms with Crippen LogP contribution in [-0.2, 0) is 11.2 Å². The molecule has 1 rings (SSSR count). The lowest BCUT2D eigenvalue weighted by Crippen LogP contribution is -2.43. The van der Waals surface area contributed by atoms with Gasteiger partial charge in [-0.2, -0.15) is 0 Å². The smallest absolute Gasteiger partial charge is 0.322 e. The summed E-state index contributed by atoms with van der Waals surface area (Å²) in [4.78, 5) is 12.0. The van der Waals surface area contributed by atoms with E-state index in [4.69, 9.17) is 5.11 Å². The van der Waals surface area contributed by atoms with Crippen molar-refractivity contribution in [2.24, 2.45) is 0 Å². The van der Waals surface area contributed by atoms with Gasteiger partial charge in [-0.15, -0.1) is 11.8 Å². The van der Waals surface area contributed by atoms with Gasteiger partial charge in [0.15, 0.2) is 0 Å². The fraction of sp³-hybridized carbons (Fsp3) is 0.462. The summed E-state index contributed by atoms with van der Waals surface area (Å²) in [6, 6.07) is 7.91. The minimum Gasteiger partial charge on any atom is -0.480 e. The first kappa shape index (κ1) is 15.0. The summed E-state index contributed by atoms with van der Waals surface area (Å²) >= 11 is 1.73. The number of carbonyl (C=O) groups is 1.